The summed E-state index contributed by atoms with van der Waals surface area (Å²) in [6.07, 6.45) is 5.85. The first-order valence-electron chi connectivity index (χ1n) is 8.42. The average molecular weight is 375 g/mol. The van der Waals surface area contributed by atoms with Gasteiger partial charge in [0, 0.05) is 19.3 Å². The number of methoxy groups -OCH3 is 1. The molecule has 1 aromatic heterocycles. The summed E-state index contributed by atoms with van der Waals surface area (Å²) in [5, 5.41) is 2.70. The van der Waals surface area contributed by atoms with Crippen LogP contribution in [0.3, 0.4) is 0 Å². The summed E-state index contributed by atoms with van der Waals surface area (Å²) in [6.45, 7) is 1.01. The third kappa shape index (κ3) is 3.86. The Morgan fingerprint density at radius 2 is 1.96 bits per heavy atom. The van der Waals surface area contributed by atoms with Crippen molar-refractivity contribution in [1.82, 2.24) is 9.29 Å². The number of carbonyl (C=O) groups is 1. The van der Waals surface area contributed by atoms with Crippen molar-refractivity contribution in [2.24, 2.45) is 0 Å². The van der Waals surface area contributed by atoms with Crippen molar-refractivity contribution in [1.29, 1.82) is 0 Å². The number of carbonyl (C=O) groups excluding carboxylic acids is 1. The number of nitrogens with zero attached hydrogens (tertiary/aromatic N) is 2. The number of ether oxygens (including phenoxy) is 1. The molecule has 3 rings (SSSR count). The molecule has 1 N–H and O–H groups in total. The highest BCUT2D eigenvalue weighted by Crippen LogP contribution is 2.27. The molecule has 8 heteroatoms. The Bertz CT molecular complexity index is 879. The van der Waals surface area contributed by atoms with Gasteiger partial charge in [-0.25, -0.2) is 8.42 Å². The normalized spacial score (nSPS) is 15.4. The van der Waals surface area contributed by atoms with Crippen LogP contribution in [0.5, 0.6) is 5.75 Å². The lowest BCUT2D eigenvalue weighted by molar-refractivity contribution is 0.102. The molecule has 1 aromatic carbocycles. The molecular formula is C18H21N3O4S. The predicted molar refractivity (Wildman–Crippen MR) is 97.8 cm³/mol. The topological polar surface area (TPSA) is 88.6 Å². The molecule has 2 aromatic rings. The lowest BCUT2D eigenvalue weighted by Gasteiger charge is -2.26. The lowest BCUT2D eigenvalue weighted by Crippen LogP contribution is -2.35. The molecule has 1 aliphatic heterocycles. The SMILES string of the molecule is COc1ccc(S(=O)(=O)N2CCCCC2)cc1C(=O)Nc1cccnc1. The number of pyridine rings is 1. The molecule has 26 heavy (non-hydrogen) atoms. The molecule has 0 spiro atoms. The molecule has 0 saturated carbocycles. The Kier molecular flexibility index (Phi) is 5.53. The van der Waals surface area contributed by atoms with Crippen molar-refractivity contribution in [2.45, 2.75) is 24.2 Å². The molecule has 2 heterocycles. The number of rotatable bonds is 5. The first-order chi connectivity index (χ1) is 12.5. The fraction of sp³-hybridized carbons (Fsp3) is 0.333. The van der Waals surface area contributed by atoms with Crippen LogP contribution in [-0.4, -0.2) is 43.8 Å². The molecule has 0 unspecified atom stereocenters. The van der Waals surface area contributed by atoms with Crippen LogP contribution >= 0.6 is 0 Å². The summed E-state index contributed by atoms with van der Waals surface area (Å²) in [4.78, 5) is 16.7. The molecule has 0 aliphatic carbocycles. The minimum absolute atomic E-state index is 0.0940. The number of sulfonamides is 1. The van der Waals surface area contributed by atoms with Gasteiger partial charge in [-0.1, -0.05) is 6.42 Å². The maximum absolute atomic E-state index is 12.9. The molecule has 7 nitrogen and oxygen atoms in total. The molecule has 0 atom stereocenters. The van der Waals surface area contributed by atoms with Crippen molar-refractivity contribution >= 4 is 21.6 Å². The van der Waals surface area contributed by atoms with Gasteiger partial charge in [0.25, 0.3) is 5.91 Å². The van der Waals surface area contributed by atoms with E-state index in [-0.39, 0.29) is 10.5 Å². The van der Waals surface area contributed by atoms with E-state index in [2.05, 4.69) is 10.3 Å². The molecule has 1 saturated heterocycles. The second kappa shape index (κ2) is 7.84. The van der Waals surface area contributed by atoms with Gasteiger partial charge in [-0.3, -0.25) is 9.78 Å². The predicted octanol–water partition coefficient (Wildman–Crippen LogP) is 2.52. The van der Waals surface area contributed by atoms with Gasteiger partial charge in [-0.15, -0.1) is 0 Å². The third-order valence-electron chi connectivity index (χ3n) is 4.29. The minimum Gasteiger partial charge on any atom is -0.496 e. The van der Waals surface area contributed by atoms with Crippen molar-refractivity contribution in [3.8, 4) is 5.75 Å². The standard InChI is InChI=1S/C18H21N3O4S/c1-25-17-8-7-15(26(23,24)21-10-3-2-4-11-21)12-16(17)18(22)20-14-6-5-9-19-13-14/h5-9,12-13H,2-4,10-11H2,1H3,(H,20,22). The number of anilines is 1. The highest BCUT2D eigenvalue weighted by Gasteiger charge is 2.27. The molecule has 138 valence electrons. The summed E-state index contributed by atoms with van der Waals surface area (Å²) in [6, 6.07) is 7.75. The van der Waals surface area contributed by atoms with E-state index in [1.54, 1.807) is 18.3 Å². The van der Waals surface area contributed by atoms with Crippen molar-refractivity contribution in [3.63, 3.8) is 0 Å². The number of hydrogen-bond donors (Lipinski definition) is 1. The summed E-state index contributed by atoms with van der Waals surface area (Å²) in [5.74, 6) is -0.144. The minimum atomic E-state index is -3.63. The van der Waals surface area contributed by atoms with Gasteiger partial charge in [-0.05, 0) is 43.2 Å². The number of piperidine rings is 1. The summed E-state index contributed by atoms with van der Waals surface area (Å²) >= 11 is 0. The average Bonchev–Trinajstić information content (AvgIpc) is 2.69. The molecule has 1 aliphatic rings. The monoisotopic (exact) mass is 375 g/mol. The van der Waals surface area contributed by atoms with Crippen LogP contribution in [0.2, 0.25) is 0 Å². The van der Waals surface area contributed by atoms with Gasteiger partial charge in [0.2, 0.25) is 10.0 Å². The number of aromatic nitrogens is 1. The maximum atomic E-state index is 12.9. The largest absolute Gasteiger partial charge is 0.496 e. The lowest BCUT2D eigenvalue weighted by atomic mass is 10.2. The first kappa shape index (κ1) is 18.3. The van der Waals surface area contributed by atoms with Gasteiger partial charge in [0.1, 0.15) is 5.75 Å². The first-order valence-corrected chi connectivity index (χ1v) is 9.86. The van der Waals surface area contributed by atoms with Crippen molar-refractivity contribution in [2.75, 3.05) is 25.5 Å². The Morgan fingerprint density at radius 3 is 2.62 bits per heavy atom. The van der Waals surface area contributed by atoms with E-state index in [0.717, 1.165) is 19.3 Å². The zero-order valence-corrected chi connectivity index (χ0v) is 15.3. The molecule has 1 amide bonds. The van der Waals surface area contributed by atoms with E-state index in [0.29, 0.717) is 24.5 Å². The van der Waals surface area contributed by atoms with Crippen LogP contribution in [0, 0.1) is 0 Å². The molecule has 1 fully saturated rings. The smallest absolute Gasteiger partial charge is 0.259 e. The zero-order chi connectivity index (χ0) is 18.6. The van der Waals surface area contributed by atoms with Crippen molar-refractivity contribution in [3.05, 3.63) is 48.3 Å². The Labute approximate surface area is 153 Å². The fourth-order valence-electron chi connectivity index (χ4n) is 2.91. The van der Waals surface area contributed by atoms with E-state index < -0.39 is 15.9 Å². The van der Waals surface area contributed by atoms with E-state index >= 15 is 0 Å². The van der Waals surface area contributed by atoms with E-state index in [4.69, 9.17) is 4.74 Å². The Balaban J connectivity index is 1.92. The highest BCUT2D eigenvalue weighted by atomic mass is 32.2. The number of nitrogens with one attached hydrogen (secondary N) is 1. The summed E-state index contributed by atoms with van der Waals surface area (Å²) < 4.78 is 32.4. The summed E-state index contributed by atoms with van der Waals surface area (Å²) in [7, 11) is -2.19. The van der Waals surface area contributed by atoms with Crippen LogP contribution < -0.4 is 10.1 Å². The van der Waals surface area contributed by atoms with E-state index in [1.165, 1.54) is 35.8 Å². The zero-order valence-electron chi connectivity index (χ0n) is 14.5. The van der Waals surface area contributed by atoms with Gasteiger partial charge in [0.15, 0.2) is 0 Å². The number of benzene rings is 1. The van der Waals surface area contributed by atoms with Crippen LogP contribution in [0.4, 0.5) is 5.69 Å². The Hall–Kier alpha value is -2.45. The van der Waals surface area contributed by atoms with E-state index in [1.807, 2.05) is 0 Å². The number of hydrogen-bond acceptors (Lipinski definition) is 5. The fourth-order valence-corrected chi connectivity index (χ4v) is 4.46. The van der Waals surface area contributed by atoms with Gasteiger partial charge < -0.3 is 10.1 Å². The van der Waals surface area contributed by atoms with Gasteiger partial charge >= 0.3 is 0 Å². The van der Waals surface area contributed by atoms with Crippen molar-refractivity contribution < 1.29 is 17.9 Å². The van der Waals surface area contributed by atoms with Crippen LogP contribution in [0.1, 0.15) is 29.6 Å². The number of amides is 1. The molecule has 0 radical (unpaired) electrons. The summed E-state index contributed by atoms with van der Waals surface area (Å²) in [5.41, 5.74) is 0.679. The second-order valence-corrected chi connectivity index (χ2v) is 7.96. The third-order valence-corrected chi connectivity index (χ3v) is 6.18. The van der Waals surface area contributed by atoms with Crippen LogP contribution in [0.25, 0.3) is 0 Å². The quantitative estimate of drug-likeness (QED) is 0.867. The van der Waals surface area contributed by atoms with Crippen LogP contribution in [-0.2, 0) is 10.0 Å². The van der Waals surface area contributed by atoms with Gasteiger partial charge in [0.05, 0.1) is 29.5 Å². The maximum Gasteiger partial charge on any atom is 0.259 e. The molecule has 0 bridgehead atoms. The highest BCUT2D eigenvalue weighted by molar-refractivity contribution is 7.89. The van der Waals surface area contributed by atoms with E-state index in [9.17, 15) is 13.2 Å². The Morgan fingerprint density at radius 1 is 1.19 bits per heavy atom. The van der Waals surface area contributed by atoms with Crippen LogP contribution in [0.15, 0.2) is 47.6 Å². The molecular weight excluding hydrogens is 354 g/mol. The van der Waals surface area contributed by atoms with Gasteiger partial charge in [-0.2, -0.15) is 4.31 Å². The second-order valence-electron chi connectivity index (χ2n) is 6.02.